The number of nitro groups is 1. The normalized spacial score (nSPS) is 20.6. The van der Waals surface area contributed by atoms with Crippen LogP contribution in [0.4, 0.5) is 11.4 Å². The zero-order valence-electron chi connectivity index (χ0n) is 14.4. The molecule has 0 aromatic heterocycles. The third-order valence-corrected chi connectivity index (χ3v) is 4.82. The van der Waals surface area contributed by atoms with E-state index in [1.165, 1.54) is 19.2 Å². The molecule has 28 heavy (non-hydrogen) atoms. The minimum Gasteiger partial charge on any atom is -0.495 e. The van der Waals surface area contributed by atoms with Gasteiger partial charge in [0.25, 0.3) is 11.6 Å². The first kappa shape index (κ1) is 17.9. The largest absolute Gasteiger partial charge is 0.495 e. The van der Waals surface area contributed by atoms with Gasteiger partial charge < -0.3 is 9.57 Å². The van der Waals surface area contributed by atoms with Crippen molar-refractivity contribution in [3.05, 3.63) is 63.2 Å². The molecule has 9 nitrogen and oxygen atoms in total. The molecule has 0 aliphatic carbocycles. The van der Waals surface area contributed by atoms with Gasteiger partial charge in [-0.15, -0.1) is 0 Å². The molecule has 2 aliphatic rings. The van der Waals surface area contributed by atoms with Crippen molar-refractivity contribution in [2.75, 3.05) is 12.0 Å². The molecule has 2 aromatic carbocycles. The Balaban J connectivity index is 1.75. The van der Waals surface area contributed by atoms with Gasteiger partial charge in [0.2, 0.25) is 12.0 Å². The second-order valence-corrected chi connectivity index (χ2v) is 6.55. The Morgan fingerprint density at radius 3 is 2.54 bits per heavy atom. The highest BCUT2D eigenvalue weighted by Gasteiger charge is 2.56. The average molecular weight is 402 g/mol. The number of hydrogen-bond donors (Lipinski definition) is 0. The van der Waals surface area contributed by atoms with Crippen LogP contribution in [0, 0.1) is 16.0 Å². The number of non-ortho nitro benzene ring substituents is 1. The number of benzene rings is 2. The van der Waals surface area contributed by atoms with Crippen molar-refractivity contribution < 1.29 is 24.1 Å². The number of nitro benzene ring substituents is 1. The summed E-state index contributed by atoms with van der Waals surface area (Å²) in [7, 11) is 1.34. The van der Waals surface area contributed by atoms with Crippen molar-refractivity contribution in [1.82, 2.24) is 0 Å². The van der Waals surface area contributed by atoms with E-state index >= 15 is 0 Å². The first-order valence-corrected chi connectivity index (χ1v) is 8.50. The zero-order chi connectivity index (χ0) is 20.0. The maximum atomic E-state index is 13.1. The fourth-order valence-electron chi connectivity index (χ4n) is 3.24. The van der Waals surface area contributed by atoms with Gasteiger partial charge in [0, 0.05) is 22.7 Å². The number of hydrogen-bond acceptors (Lipinski definition) is 7. The minimum atomic E-state index is -1.14. The second-order valence-electron chi connectivity index (χ2n) is 6.11. The van der Waals surface area contributed by atoms with Gasteiger partial charge >= 0.3 is 0 Å². The lowest BCUT2D eigenvalue weighted by Gasteiger charge is -2.18. The number of ether oxygens (including phenoxy) is 1. The molecule has 1 fully saturated rings. The van der Waals surface area contributed by atoms with Gasteiger partial charge in [0.05, 0.1) is 12.0 Å². The van der Waals surface area contributed by atoms with Gasteiger partial charge in [-0.1, -0.05) is 28.9 Å². The molecular formula is C18H12ClN3O6. The Labute approximate surface area is 163 Å². The van der Waals surface area contributed by atoms with Crippen LogP contribution in [0.3, 0.4) is 0 Å². The van der Waals surface area contributed by atoms with E-state index in [4.69, 9.17) is 21.2 Å². The number of rotatable bonds is 4. The van der Waals surface area contributed by atoms with Crippen LogP contribution in [0.5, 0.6) is 5.75 Å². The van der Waals surface area contributed by atoms with Crippen LogP contribution in [0.2, 0.25) is 5.02 Å². The number of carbonyl (C=O) groups excluding carboxylic acids is 2. The standard InChI is InChI=1S/C18H12ClN3O6/c1-27-13-7-6-11(22(25)26)8-12(13)21-17(23)14-15(20-28-16(14)18(21)24)9-2-4-10(19)5-3-9/h2-8,14,16H,1H3/t14-,16+/m0/s1. The Morgan fingerprint density at radius 2 is 1.89 bits per heavy atom. The van der Waals surface area contributed by atoms with Crippen LogP contribution in [-0.2, 0) is 14.4 Å². The van der Waals surface area contributed by atoms with Gasteiger partial charge in [0.15, 0.2) is 0 Å². The third-order valence-electron chi connectivity index (χ3n) is 4.57. The molecular weight excluding hydrogens is 390 g/mol. The maximum absolute atomic E-state index is 13.1. The summed E-state index contributed by atoms with van der Waals surface area (Å²) < 4.78 is 5.18. The highest BCUT2D eigenvalue weighted by atomic mass is 35.5. The molecule has 0 radical (unpaired) electrons. The van der Waals surface area contributed by atoms with Crippen molar-refractivity contribution in [1.29, 1.82) is 0 Å². The van der Waals surface area contributed by atoms with Gasteiger partial charge in [-0.3, -0.25) is 19.7 Å². The number of anilines is 1. The van der Waals surface area contributed by atoms with E-state index < -0.39 is 28.8 Å². The predicted octanol–water partition coefficient (Wildman–Crippen LogP) is 2.55. The molecule has 0 N–H and O–H groups in total. The topological polar surface area (TPSA) is 111 Å². The molecule has 2 heterocycles. The molecule has 0 saturated carbocycles. The van der Waals surface area contributed by atoms with Crippen molar-refractivity contribution >= 4 is 40.5 Å². The summed E-state index contributed by atoms with van der Waals surface area (Å²) in [6, 6.07) is 10.3. The summed E-state index contributed by atoms with van der Waals surface area (Å²) in [6.45, 7) is 0. The van der Waals surface area contributed by atoms with Crippen LogP contribution in [-0.4, -0.2) is 35.7 Å². The monoisotopic (exact) mass is 401 g/mol. The molecule has 2 aromatic rings. The highest BCUT2D eigenvalue weighted by Crippen LogP contribution is 2.40. The van der Waals surface area contributed by atoms with Crippen molar-refractivity contribution in [2.45, 2.75) is 6.10 Å². The average Bonchev–Trinajstić information content (AvgIpc) is 3.22. The maximum Gasteiger partial charge on any atom is 0.279 e. The minimum absolute atomic E-state index is 0.0137. The van der Waals surface area contributed by atoms with Gasteiger partial charge in [-0.05, 0) is 18.2 Å². The summed E-state index contributed by atoms with van der Waals surface area (Å²) in [5.41, 5.74) is 0.596. The summed E-state index contributed by atoms with van der Waals surface area (Å²) in [6.07, 6.45) is -1.14. The van der Waals surface area contributed by atoms with Crippen molar-refractivity contribution in [2.24, 2.45) is 11.1 Å². The van der Waals surface area contributed by atoms with E-state index in [-0.39, 0.29) is 17.1 Å². The lowest BCUT2D eigenvalue weighted by atomic mass is 9.94. The summed E-state index contributed by atoms with van der Waals surface area (Å²) in [5, 5.41) is 15.5. The Bertz CT molecular complexity index is 1040. The van der Waals surface area contributed by atoms with Crippen LogP contribution >= 0.6 is 11.6 Å². The number of amides is 2. The second kappa shape index (κ2) is 6.61. The molecule has 2 atom stereocenters. The van der Waals surface area contributed by atoms with Crippen molar-refractivity contribution in [3.63, 3.8) is 0 Å². The molecule has 2 aliphatic heterocycles. The smallest absolute Gasteiger partial charge is 0.279 e. The lowest BCUT2D eigenvalue weighted by molar-refractivity contribution is -0.384. The quantitative estimate of drug-likeness (QED) is 0.442. The number of oxime groups is 1. The lowest BCUT2D eigenvalue weighted by Crippen LogP contribution is -2.33. The van der Waals surface area contributed by atoms with E-state index in [1.807, 2.05) is 0 Å². The Hall–Kier alpha value is -3.46. The number of carbonyl (C=O) groups is 2. The van der Waals surface area contributed by atoms with Crippen molar-refractivity contribution in [3.8, 4) is 5.75 Å². The Morgan fingerprint density at radius 1 is 1.18 bits per heavy atom. The molecule has 10 heteroatoms. The number of methoxy groups -OCH3 is 1. The molecule has 0 unspecified atom stereocenters. The molecule has 4 rings (SSSR count). The molecule has 0 spiro atoms. The fourth-order valence-corrected chi connectivity index (χ4v) is 3.37. The van der Waals surface area contributed by atoms with Crippen LogP contribution in [0.15, 0.2) is 47.6 Å². The summed E-state index contributed by atoms with van der Waals surface area (Å²) >= 11 is 5.89. The number of fused-ring (bicyclic) bond motifs is 1. The summed E-state index contributed by atoms with van der Waals surface area (Å²) in [5.74, 6) is -2.07. The number of halogens is 1. The predicted molar refractivity (Wildman–Crippen MR) is 98.5 cm³/mol. The third kappa shape index (κ3) is 2.67. The van der Waals surface area contributed by atoms with E-state index in [1.54, 1.807) is 24.3 Å². The van der Waals surface area contributed by atoms with E-state index in [9.17, 15) is 19.7 Å². The molecule has 1 saturated heterocycles. The van der Waals surface area contributed by atoms with E-state index in [2.05, 4.69) is 5.16 Å². The SMILES string of the molecule is COc1ccc([N+](=O)[O-])cc1N1C(=O)[C@H]2C(c3ccc(Cl)cc3)=NO[C@H]2C1=O. The number of imide groups is 1. The van der Waals surface area contributed by atoms with Gasteiger partial charge in [-0.2, -0.15) is 0 Å². The number of nitrogens with zero attached hydrogens (tertiary/aromatic N) is 3. The summed E-state index contributed by atoms with van der Waals surface area (Å²) in [4.78, 5) is 42.5. The Kier molecular flexibility index (Phi) is 4.23. The highest BCUT2D eigenvalue weighted by molar-refractivity contribution is 6.33. The zero-order valence-corrected chi connectivity index (χ0v) is 15.1. The first-order chi connectivity index (χ1) is 13.4. The molecule has 142 valence electrons. The van der Waals surface area contributed by atoms with Gasteiger partial charge in [-0.25, -0.2) is 4.90 Å². The van der Waals surface area contributed by atoms with Crippen LogP contribution < -0.4 is 9.64 Å². The van der Waals surface area contributed by atoms with Gasteiger partial charge in [0.1, 0.15) is 23.1 Å². The molecule has 2 amide bonds. The first-order valence-electron chi connectivity index (χ1n) is 8.12. The van der Waals surface area contributed by atoms with E-state index in [0.29, 0.717) is 16.3 Å². The van der Waals surface area contributed by atoms with Crippen LogP contribution in [0.1, 0.15) is 5.56 Å². The van der Waals surface area contributed by atoms with Crippen LogP contribution in [0.25, 0.3) is 0 Å². The van der Waals surface area contributed by atoms with E-state index in [0.717, 1.165) is 11.0 Å². The fraction of sp³-hybridized carbons (Fsp3) is 0.167. The molecule has 0 bridgehead atoms.